The van der Waals surface area contributed by atoms with E-state index in [9.17, 15) is 9.59 Å². The largest absolute Gasteiger partial charge is 0.349 e. The maximum absolute atomic E-state index is 12.9. The minimum absolute atomic E-state index is 0.0382. The molecule has 4 rings (SSSR count). The molecule has 2 heterocycles. The molecule has 1 aliphatic heterocycles. The summed E-state index contributed by atoms with van der Waals surface area (Å²) in [6.07, 6.45) is 1.53. The second kappa shape index (κ2) is 9.02. The van der Waals surface area contributed by atoms with Crippen LogP contribution in [-0.2, 0) is 0 Å². The van der Waals surface area contributed by atoms with Gasteiger partial charge in [0.15, 0.2) is 0 Å². The van der Waals surface area contributed by atoms with Crippen LogP contribution in [0, 0.1) is 6.92 Å². The van der Waals surface area contributed by atoms with Gasteiger partial charge in [-0.3, -0.25) is 9.59 Å². The Labute approximate surface area is 185 Å². The van der Waals surface area contributed by atoms with Crippen LogP contribution in [0.25, 0.3) is 10.4 Å². The van der Waals surface area contributed by atoms with Crippen molar-refractivity contribution in [1.82, 2.24) is 10.2 Å². The Bertz CT molecular complexity index is 1050. The zero-order valence-electron chi connectivity index (χ0n) is 16.7. The fourth-order valence-electron chi connectivity index (χ4n) is 3.70. The van der Waals surface area contributed by atoms with Gasteiger partial charge in [-0.25, -0.2) is 0 Å². The number of benzene rings is 2. The molecule has 0 aliphatic carbocycles. The van der Waals surface area contributed by atoms with Gasteiger partial charge in [0.1, 0.15) is 0 Å². The summed E-state index contributed by atoms with van der Waals surface area (Å²) in [6.45, 7) is 3.23. The third-order valence-corrected chi connectivity index (χ3v) is 6.83. The van der Waals surface area contributed by atoms with E-state index in [2.05, 4.69) is 5.32 Å². The quantitative estimate of drug-likeness (QED) is 0.591. The summed E-state index contributed by atoms with van der Waals surface area (Å²) < 4.78 is 0. The molecule has 0 bridgehead atoms. The van der Waals surface area contributed by atoms with Crippen LogP contribution >= 0.6 is 22.9 Å². The number of aryl methyl sites for hydroxylation is 1. The van der Waals surface area contributed by atoms with E-state index in [1.807, 2.05) is 72.5 Å². The zero-order valence-corrected chi connectivity index (χ0v) is 18.3. The first-order valence-electron chi connectivity index (χ1n) is 10.0. The summed E-state index contributed by atoms with van der Waals surface area (Å²) in [5.41, 5.74) is 2.74. The van der Waals surface area contributed by atoms with Crippen LogP contribution in [0.2, 0.25) is 5.02 Å². The van der Waals surface area contributed by atoms with Crippen molar-refractivity contribution < 1.29 is 9.59 Å². The molecule has 0 unspecified atom stereocenters. The third kappa shape index (κ3) is 4.58. The van der Waals surface area contributed by atoms with E-state index in [0.29, 0.717) is 23.7 Å². The minimum Gasteiger partial charge on any atom is -0.349 e. The first-order valence-corrected chi connectivity index (χ1v) is 11.2. The number of amides is 2. The Morgan fingerprint density at radius 3 is 2.40 bits per heavy atom. The van der Waals surface area contributed by atoms with Crippen molar-refractivity contribution in [1.29, 1.82) is 0 Å². The molecule has 1 aromatic heterocycles. The van der Waals surface area contributed by atoms with Gasteiger partial charge >= 0.3 is 0 Å². The molecule has 1 fully saturated rings. The van der Waals surface area contributed by atoms with E-state index < -0.39 is 0 Å². The van der Waals surface area contributed by atoms with Crippen molar-refractivity contribution in [3.63, 3.8) is 0 Å². The summed E-state index contributed by atoms with van der Waals surface area (Å²) in [5.74, 6) is 0.0210. The van der Waals surface area contributed by atoms with Gasteiger partial charge in [-0.15, -0.1) is 11.3 Å². The lowest BCUT2D eigenvalue weighted by Gasteiger charge is -2.32. The summed E-state index contributed by atoms with van der Waals surface area (Å²) in [5, 5.41) is 3.82. The predicted octanol–water partition coefficient (Wildman–Crippen LogP) is 5.41. The Morgan fingerprint density at radius 1 is 1.00 bits per heavy atom. The second-order valence-corrected chi connectivity index (χ2v) is 9.05. The minimum atomic E-state index is -0.0382. The molecular formula is C24H23ClN2O2S. The number of hydrogen-bond acceptors (Lipinski definition) is 3. The molecular weight excluding hydrogens is 416 g/mol. The molecule has 0 radical (unpaired) electrons. The molecule has 154 valence electrons. The zero-order chi connectivity index (χ0) is 21.1. The highest BCUT2D eigenvalue weighted by molar-refractivity contribution is 7.17. The number of likely N-dealkylation sites (tertiary alicyclic amines) is 1. The maximum atomic E-state index is 12.9. The molecule has 0 atom stereocenters. The van der Waals surface area contributed by atoms with E-state index >= 15 is 0 Å². The molecule has 4 nitrogen and oxygen atoms in total. The second-order valence-electron chi connectivity index (χ2n) is 7.53. The number of nitrogens with one attached hydrogen (secondary N) is 1. The maximum Gasteiger partial charge on any atom is 0.263 e. The van der Waals surface area contributed by atoms with E-state index in [1.165, 1.54) is 11.3 Å². The normalized spacial score (nSPS) is 14.5. The summed E-state index contributed by atoms with van der Waals surface area (Å²) in [7, 11) is 0. The van der Waals surface area contributed by atoms with Crippen molar-refractivity contribution in [2.24, 2.45) is 0 Å². The van der Waals surface area contributed by atoms with Gasteiger partial charge in [0.25, 0.3) is 11.8 Å². The van der Waals surface area contributed by atoms with Crippen LogP contribution in [0.5, 0.6) is 0 Å². The summed E-state index contributed by atoms with van der Waals surface area (Å²) in [6, 6.07) is 19.2. The Kier molecular flexibility index (Phi) is 6.21. The first kappa shape index (κ1) is 20.6. The van der Waals surface area contributed by atoms with Crippen LogP contribution in [0.1, 0.15) is 38.4 Å². The van der Waals surface area contributed by atoms with Gasteiger partial charge in [-0.1, -0.05) is 41.9 Å². The van der Waals surface area contributed by atoms with Crippen molar-refractivity contribution in [2.45, 2.75) is 25.8 Å². The van der Waals surface area contributed by atoms with Gasteiger partial charge in [0.05, 0.1) is 4.88 Å². The fraction of sp³-hybridized carbons (Fsp3) is 0.250. The monoisotopic (exact) mass is 438 g/mol. The van der Waals surface area contributed by atoms with E-state index in [4.69, 9.17) is 11.6 Å². The van der Waals surface area contributed by atoms with Crippen LogP contribution in [-0.4, -0.2) is 35.8 Å². The number of rotatable bonds is 4. The smallest absolute Gasteiger partial charge is 0.263 e. The molecule has 0 saturated carbocycles. The lowest BCUT2D eigenvalue weighted by Crippen LogP contribution is -2.46. The lowest BCUT2D eigenvalue weighted by atomic mass is 10.0. The van der Waals surface area contributed by atoms with E-state index in [-0.39, 0.29) is 17.9 Å². The Balaban J connectivity index is 1.34. The molecule has 1 aliphatic rings. The number of thiophene rings is 1. The highest BCUT2D eigenvalue weighted by Gasteiger charge is 2.26. The average molecular weight is 439 g/mol. The highest BCUT2D eigenvalue weighted by atomic mass is 35.5. The van der Waals surface area contributed by atoms with Crippen LogP contribution in [0.15, 0.2) is 60.7 Å². The summed E-state index contributed by atoms with van der Waals surface area (Å²) >= 11 is 7.46. The lowest BCUT2D eigenvalue weighted by molar-refractivity contribution is 0.0702. The van der Waals surface area contributed by atoms with Gasteiger partial charge in [-0.2, -0.15) is 0 Å². The number of piperidine rings is 1. The molecule has 3 aromatic rings. The average Bonchev–Trinajstić information content (AvgIpc) is 3.25. The number of nitrogens with zero attached hydrogens (tertiary/aromatic N) is 1. The molecule has 2 amide bonds. The van der Waals surface area contributed by atoms with Gasteiger partial charge in [-0.05, 0) is 61.2 Å². The van der Waals surface area contributed by atoms with Gasteiger partial charge in [0, 0.05) is 34.6 Å². The molecule has 0 spiro atoms. The van der Waals surface area contributed by atoms with Gasteiger partial charge in [0.2, 0.25) is 0 Å². The molecule has 6 heteroatoms. The molecule has 1 saturated heterocycles. The van der Waals surface area contributed by atoms with Crippen molar-refractivity contribution >= 4 is 34.8 Å². The number of halogens is 1. The summed E-state index contributed by atoms with van der Waals surface area (Å²) in [4.78, 5) is 29.1. The van der Waals surface area contributed by atoms with E-state index in [0.717, 1.165) is 33.7 Å². The highest BCUT2D eigenvalue weighted by Crippen LogP contribution is 2.30. The van der Waals surface area contributed by atoms with Crippen molar-refractivity contribution in [2.75, 3.05) is 13.1 Å². The fourth-order valence-corrected chi connectivity index (χ4v) is 4.80. The SMILES string of the molecule is Cc1ccccc1C(=O)NC1CCN(C(=O)c2ccc(-c3ccc(Cl)cc3)s2)CC1. The molecule has 1 N–H and O–H groups in total. The molecule has 30 heavy (non-hydrogen) atoms. The number of carbonyl (C=O) groups excluding carboxylic acids is 2. The topological polar surface area (TPSA) is 49.4 Å². The molecule has 2 aromatic carbocycles. The van der Waals surface area contributed by atoms with E-state index in [1.54, 1.807) is 0 Å². The Morgan fingerprint density at radius 2 is 1.70 bits per heavy atom. The van der Waals surface area contributed by atoms with Crippen molar-refractivity contribution in [3.8, 4) is 10.4 Å². The van der Waals surface area contributed by atoms with Crippen molar-refractivity contribution in [3.05, 3.63) is 81.7 Å². The van der Waals surface area contributed by atoms with Crippen LogP contribution in [0.3, 0.4) is 0 Å². The number of carbonyl (C=O) groups is 2. The Hall–Kier alpha value is -2.63. The van der Waals surface area contributed by atoms with Gasteiger partial charge < -0.3 is 10.2 Å². The van der Waals surface area contributed by atoms with Crippen LogP contribution < -0.4 is 5.32 Å². The number of hydrogen-bond donors (Lipinski definition) is 1. The third-order valence-electron chi connectivity index (χ3n) is 5.45. The van der Waals surface area contributed by atoms with Crippen LogP contribution in [0.4, 0.5) is 0 Å². The first-order chi connectivity index (χ1) is 14.5. The predicted molar refractivity (Wildman–Crippen MR) is 122 cm³/mol. The standard InChI is InChI=1S/C24H23ClN2O2S/c1-16-4-2-3-5-20(16)23(28)26-19-12-14-27(15-13-19)24(29)22-11-10-21(30-22)17-6-8-18(25)9-7-17/h2-11,19H,12-15H2,1H3,(H,26,28).